The second-order valence-electron chi connectivity index (χ2n) is 3.43. The highest BCUT2D eigenvalue weighted by Gasteiger charge is 2.07. The standard InChI is InChI=1S/C9H13ClN2O3/c1-6(5-15-2)4-12-8(13)3-7(10)11-9(12)14/h3,6H,4-5H2,1-2H3,(H,11,14). The number of ether oxygens (including phenoxy) is 1. The van der Waals surface area contributed by atoms with Gasteiger partial charge in [-0.25, -0.2) is 4.79 Å². The first-order valence-electron chi connectivity index (χ1n) is 4.53. The van der Waals surface area contributed by atoms with Gasteiger partial charge in [-0.2, -0.15) is 0 Å². The Bertz CT molecular complexity index is 406. The number of nitrogens with zero attached hydrogens (tertiary/aromatic N) is 1. The lowest BCUT2D eigenvalue weighted by atomic mass is 10.2. The Morgan fingerprint density at radius 3 is 2.80 bits per heavy atom. The lowest BCUT2D eigenvalue weighted by Crippen LogP contribution is -2.36. The molecule has 5 nitrogen and oxygen atoms in total. The van der Waals surface area contributed by atoms with E-state index in [9.17, 15) is 9.59 Å². The molecule has 0 aromatic carbocycles. The van der Waals surface area contributed by atoms with Crippen LogP contribution in [0.1, 0.15) is 6.92 Å². The normalized spacial score (nSPS) is 12.7. The van der Waals surface area contributed by atoms with Gasteiger partial charge in [-0.15, -0.1) is 0 Å². The van der Waals surface area contributed by atoms with E-state index in [0.717, 1.165) is 4.57 Å². The summed E-state index contributed by atoms with van der Waals surface area (Å²) in [6, 6.07) is 1.18. The maximum atomic E-state index is 11.4. The Kier molecular flexibility index (Phi) is 4.11. The van der Waals surface area contributed by atoms with Gasteiger partial charge in [-0.05, 0) is 5.92 Å². The third kappa shape index (κ3) is 3.21. The largest absolute Gasteiger partial charge is 0.384 e. The molecule has 0 aliphatic carbocycles. The number of rotatable bonds is 4. The van der Waals surface area contributed by atoms with Gasteiger partial charge in [0, 0.05) is 19.7 Å². The number of hydrogen-bond acceptors (Lipinski definition) is 3. The van der Waals surface area contributed by atoms with Crippen molar-refractivity contribution in [2.24, 2.45) is 5.92 Å². The van der Waals surface area contributed by atoms with E-state index in [0.29, 0.717) is 13.2 Å². The molecule has 6 heteroatoms. The molecule has 84 valence electrons. The Morgan fingerprint density at radius 1 is 1.60 bits per heavy atom. The summed E-state index contributed by atoms with van der Waals surface area (Å²) in [6.07, 6.45) is 0. The summed E-state index contributed by atoms with van der Waals surface area (Å²) in [5.74, 6) is 0.0926. The maximum absolute atomic E-state index is 11.4. The second kappa shape index (κ2) is 5.14. The number of hydrogen-bond donors (Lipinski definition) is 1. The molecular weight excluding hydrogens is 220 g/mol. The fraction of sp³-hybridized carbons (Fsp3) is 0.556. The number of aromatic nitrogens is 2. The Balaban J connectivity index is 2.96. The minimum absolute atomic E-state index is 0.0562. The van der Waals surface area contributed by atoms with Crippen molar-refractivity contribution >= 4 is 11.6 Å². The zero-order valence-corrected chi connectivity index (χ0v) is 9.37. The van der Waals surface area contributed by atoms with E-state index in [1.165, 1.54) is 6.07 Å². The van der Waals surface area contributed by atoms with Gasteiger partial charge in [0.25, 0.3) is 5.56 Å². The van der Waals surface area contributed by atoms with Crippen molar-refractivity contribution in [1.29, 1.82) is 0 Å². The van der Waals surface area contributed by atoms with Crippen molar-refractivity contribution in [3.63, 3.8) is 0 Å². The van der Waals surface area contributed by atoms with Crippen LogP contribution >= 0.6 is 11.6 Å². The molecule has 1 aromatic rings. The fourth-order valence-electron chi connectivity index (χ4n) is 1.31. The summed E-state index contributed by atoms with van der Waals surface area (Å²) >= 11 is 5.53. The Labute approximate surface area is 91.6 Å². The molecule has 1 atom stereocenters. The number of nitrogens with one attached hydrogen (secondary N) is 1. The van der Waals surface area contributed by atoms with Gasteiger partial charge in [0.2, 0.25) is 0 Å². The molecule has 0 fully saturated rings. The molecule has 0 bridgehead atoms. The highest BCUT2D eigenvalue weighted by atomic mass is 35.5. The summed E-state index contributed by atoms with van der Waals surface area (Å²) < 4.78 is 6.03. The summed E-state index contributed by atoms with van der Waals surface area (Å²) in [7, 11) is 1.57. The van der Waals surface area contributed by atoms with Crippen molar-refractivity contribution in [2.45, 2.75) is 13.5 Å². The van der Waals surface area contributed by atoms with Gasteiger partial charge in [-0.1, -0.05) is 18.5 Å². The van der Waals surface area contributed by atoms with Crippen LogP contribution in [0.3, 0.4) is 0 Å². The van der Waals surface area contributed by atoms with Gasteiger partial charge < -0.3 is 4.74 Å². The fourth-order valence-corrected chi connectivity index (χ4v) is 1.49. The van der Waals surface area contributed by atoms with Gasteiger partial charge in [0.1, 0.15) is 5.15 Å². The van der Waals surface area contributed by atoms with E-state index in [-0.39, 0.29) is 11.1 Å². The zero-order chi connectivity index (χ0) is 11.4. The third-order valence-corrected chi connectivity index (χ3v) is 2.14. The van der Waals surface area contributed by atoms with Crippen molar-refractivity contribution in [3.05, 3.63) is 32.1 Å². The Morgan fingerprint density at radius 2 is 2.27 bits per heavy atom. The molecule has 0 amide bonds. The molecule has 1 rings (SSSR count). The molecule has 0 radical (unpaired) electrons. The average Bonchev–Trinajstić information content (AvgIpc) is 2.11. The zero-order valence-electron chi connectivity index (χ0n) is 8.62. The van der Waals surface area contributed by atoms with E-state index in [4.69, 9.17) is 16.3 Å². The number of aromatic amines is 1. The summed E-state index contributed by atoms with van der Waals surface area (Å²) in [4.78, 5) is 25.2. The number of halogens is 1. The van der Waals surface area contributed by atoms with Crippen LogP contribution in [0.4, 0.5) is 0 Å². The third-order valence-electron chi connectivity index (χ3n) is 1.93. The van der Waals surface area contributed by atoms with Crippen LogP contribution in [-0.4, -0.2) is 23.3 Å². The molecule has 0 spiro atoms. The molecule has 0 aliphatic rings. The molecule has 0 saturated heterocycles. The van der Waals surface area contributed by atoms with E-state index in [1.807, 2.05) is 6.92 Å². The van der Waals surface area contributed by atoms with Gasteiger partial charge in [0.15, 0.2) is 0 Å². The molecular formula is C9H13ClN2O3. The van der Waals surface area contributed by atoms with Crippen molar-refractivity contribution < 1.29 is 4.74 Å². The first kappa shape index (κ1) is 12.0. The van der Waals surface area contributed by atoms with Crippen LogP contribution in [0.2, 0.25) is 5.15 Å². The molecule has 0 saturated carbocycles. The first-order chi connectivity index (χ1) is 7.04. The molecule has 1 unspecified atom stereocenters. The topological polar surface area (TPSA) is 64.1 Å². The molecule has 15 heavy (non-hydrogen) atoms. The first-order valence-corrected chi connectivity index (χ1v) is 4.91. The van der Waals surface area contributed by atoms with Crippen LogP contribution in [0.15, 0.2) is 15.7 Å². The van der Waals surface area contributed by atoms with Crippen molar-refractivity contribution in [2.75, 3.05) is 13.7 Å². The molecule has 1 aromatic heterocycles. The lowest BCUT2D eigenvalue weighted by molar-refractivity contribution is 0.150. The Hall–Kier alpha value is -1.07. The van der Waals surface area contributed by atoms with Crippen LogP contribution < -0.4 is 11.2 Å². The van der Waals surface area contributed by atoms with E-state index >= 15 is 0 Å². The van der Waals surface area contributed by atoms with Gasteiger partial charge >= 0.3 is 5.69 Å². The highest BCUT2D eigenvalue weighted by molar-refractivity contribution is 6.29. The number of methoxy groups -OCH3 is 1. The van der Waals surface area contributed by atoms with E-state index < -0.39 is 11.2 Å². The van der Waals surface area contributed by atoms with E-state index in [2.05, 4.69) is 4.98 Å². The van der Waals surface area contributed by atoms with Crippen molar-refractivity contribution in [1.82, 2.24) is 9.55 Å². The quantitative estimate of drug-likeness (QED) is 0.768. The molecule has 0 aliphatic heterocycles. The van der Waals surface area contributed by atoms with Gasteiger partial charge in [-0.3, -0.25) is 14.3 Å². The molecule has 1 heterocycles. The number of H-pyrrole nitrogens is 1. The maximum Gasteiger partial charge on any atom is 0.329 e. The minimum atomic E-state index is -0.490. The monoisotopic (exact) mass is 232 g/mol. The van der Waals surface area contributed by atoms with Gasteiger partial charge in [0.05, 0.1) is 6.61 Å². The van der Waals surface area contributed by atoms with Crippen LogP contribution in [0.25, 0.3) is 0 Å². The lowest BCUT2D eigenvalue weighted by Gasteiger charge is -2.10. The minimum Gasteiger partial charge on any atom is -0.384 e. The molecule has 1 N–H and O–H groups in total. The van der Waals surface area contributed by atoms with Crippen LogP contribution in [-0.2, 0) is 11.3 Å². The van der Waals surface area contributed by atoms with Crippen LogP contribution in [0.5, 0.6) is 0 Å². The predicted octanol–water partition coefficient (Wildman–Crippen LogP) is 0.473. The summed E-state index contributed by atoms with van der Waals surface area (Å²) in [5, 5.41) is 0.0562. The van der Waals surface area contributed by atoms with Crippen molar-refractivity contribution in [3.8, 4) is 0 Å². The SMILES string of the molecule is COCC(C)Cn1c(=O)cc(Cl)[nH]c1=O. The summed E-state index contributed by atoms with van der Waals surface area (Å²) in [6.45, 7) is 2.71. The van der Waals surface area contributed by atoms with E-state index in [1.54, 1.807) is 7.11 Å². The highest BCUT2D eigenvalue weighted by Crippen LogP contribution is 1.98. The summed E-state index contributed by atoms with van der Waals surface area (Å²) in [5.41, 5.74) is -0.887. The second-order valence-corrected chi connectivity index (χ2v) is 3.84. The predicted molar refractivity (Wildman–Crippen MR) is 57.4 cm³/mol. The average molecular weight is 233 g/mol. The smallest absolute Gasteiger partial charge is 0.329 e. The van der Waals surface area contributed by atoms with Crippen LogP contribution in [0, 0.1) is 5.92 Å².